The molecule has 3 heterocycles. The minimum Gasteiger partial charge on any atom is -0.490 e. The molecule has 2 aliphatic rings. The largest absolute Gasteiger partial charge is 0.490 e. The summed E-state index contributed by atoms with van der Waals surface area (Å²) in [5.74, 6) is 1.35. The first-order valence-corrected chi connectivity index (χ1v) is 11.6. The van der Waals surface area contributed by atoms with Crippen LogP contribution in [0.5, 0.6) is 11.5 Å². The van der Waals surface area contributed by atoms with Gasteiger partial charge >= 0.3 is 0 Å². The molecule has 0 fully saturated rings. The van der Waals surface area contributed by atoms with E-state index in [1.54, 1.807) is 23.5 Å². The van der Waals surface area contributed by atoms with Crippen molar-refractivity contribution in [1.29, 1.82) is 0 Å². The van der Waals surface area contributed by atoms with Gasteiger partial charge in [-0.25, -0.2) is 4.98 Å². The van der Waals surface area contributed by atoms with Crippen LogP contribution in [0.3, 0.4) is 0 Å². The van der Waals surface area contributed by atoms with Gasteiger partial charge in [0.15, 0.2) is 11.5 Å². The lowest BCUT2D eigenvalue weighted by molar-refractivity contribution is -0.116. The van der Waals surface area contributed by atoms with E-state index in [-0.39, 0.29) is 18.0 Å². The van der Waals surface area contributed by atoms with Gasteiger partial charge in [0.05, 0.1) is 35.6 Å². The molecule has 9 heteroatoms. The van der Waals surface area contributed by atoms with Gasteiger partial charge in [-0.05, 0) is 30.7 Å². The van der Waals surface area contributed by atoms with E-state index >= 15 is 0 Å². The molecule has 5 rings (SSSR count). The third kappa shape index (κ3) is 3.90. The topological polar surface area (TPSA) is 82.5 Å². The molecule has 1 aliphatic heterocycles. The average Bonchev–Trinajstić information content (AvgIpc) is 2.95. The van der Waals surface area contributed by atoms with Gasteiger partial charge in [0.2, 0.25) is 5.91 Å². The van der Waals surface area contributed by atoms with E-state index < -0.39 is 0 Å². The van der Waals surface area contributed by atoms with Crippen molar-refractivity contribution >= 4 is 44.7 Å². The number of thiophene rings is 1. The number of hydrogen-bond acceptors (Lipinski definition) is 6. The smallest absolute Gasteiger partial charge is 0.262 e. The molecular formula is C22H22ClN3O4S. The Morgan fingerprint density at radius 1 is 1.32 bits per heavy atom. The summed E-state index contributed by atoms with van der Waals surface area (Å²) in [6.45, 7) is 3.17. The molecule has 7 nitrogen and oxygen atoms in total. The highest BCUT2D eigenvalue weighted by Gasteiger charge is 2.23. The summed E-state index contributed by atoms with van der Waals surface area (Å²) >= 11 is 7.91. The van der Waals surface area contributed by atoms with Crippen molar-refractivity contribution in [3.8, 4) is 11.5 Å². The molecule has 2 aromatic heterocycles. The highest BCUT2D eigenvalue weighted by molar-refractivity contribution is 7.18. The second kappa shape index (κ2) is 8.16. The van der Waals surface area contributed by atoms with Gasteiger partial charge in [-0.3, -0.25) is 14.2 Å². The Kier molecular flexibility index (Phi) is 5.35. The molecule has 1 amide bonds. The van der Waals surface area contributed by atoms with Crippen molar-refractivity contribution in [3.63, 3.8) is 0 Å². The van der Waals surface area contributed by atoms with Crippen LogP contribution in [0.1, 0.15) is 30.2 Å². The molecular weight excluding hydrogens is 438 g/mol. The first-order valence-electron chi connectivity index (χ1n) is 10.4. The summed E-state index contributed by atoms with van der Waals surface area (Å²) in [6, 6.07) is 3.29. The van der Waals surface area contributed by atoms with Crippen molar-refractivity contribution in [1.82, 2.24) is 9.55 Å². The van der Waals surface area contributed by atoms with Crippen LogP contribution >= 0.6 is 22.9 Å². The normalized spacial score (nSPS) is 17.8. The molecule has 0 saturated carbocycles. The molecule has 0 radical (unpaired) electrons. The number of carbonyl (C=O) groups excluding carboxylic acids is 1. The second-order valence-corrected chi connectivity index (χ2v) is 9.58. The van der Waals surface area contributed by atoms with Crippen LogP contribution in [0.15, 0.2) is 23.3 Å². The number of aryl methyl sites for hydroxylation is 1. The molecule has 162 valence electrons. The fourth-order valence-electron chi connectivity index (χ4n) is 4.10. The van der Waals surface area contributed by atoms with Crippen LogP contribution in [-0.2, 0) is 24.2 Å². The van der Waals surface area contributed by atoms with Crippen molar-refractivity contribution in [2.24, 2.45) is 5.92 Å². The third-order valence-electron chi connectivity index (χ3n) is 5.71. The van der Waals surface area contributed by atoms with Crippen LogP contribution < -0.4 is 20.3 Å². The van der Waals surface area contributed by atoms with Crippen LogP contribution in [-0.4, -0.2) is 28.7 Å². The van der Waals surface area contributed by atoms with Crippen molar-refractivity contribution in [2.45, 2.75) is 39.2 Å². The number of amides is 1. The van der Waals surface area contributed by atoms with E-state index in [2.05, 4.69) is 17.2 Å². The summed E-state index contributed by atoms with van der Waals surface area (Å²) in [4.78, 5) is 32.3. The van der Waals surface area contributed by atoms with Crippen molar-refractivity contribution < 1.29 is 14.3 Å². The van der Waals surface area contributed by atoms with Gasteiger partial charge in [-0.15, -0.1) is 11.3 Å². The number of halogens is 1. The highest BCUT2D eigenvalue weighted by Crippen LogP contribution is 2.38. The minimum absolute atomic E-state index is 0.145. The zero-order valence-electron chi connectivity index (χ0n) is 17.1. The lowest BCUT2D eigenvalue weighted by Crippen LogP contribution is -2.28. The van der Waals surface area contributed by atoms with Gasteiger partial charge in [-0.1, -0.05) is 18.5 Å². The fraction of sp³-hybridized carbons (Fsp3) is 0.409. The van der Waals surface area contributed by atoms with Gasteiger partial charge < -0.3 is 14.8 Å². The first-order chi connectivity index (χ1) is 15.0. The van der Waals surface area contributed by atoms with E-state index in [4.69, 9.17) is 21.1 Å². The van der Waals surface area contributed by atoms with Gasteiger partial charge in [0.25, 0.3) is 5.56 Å². The highest BCUT2D eigenvalue weighted by atomic mass is 35.5. The lowest BCUT2D eigenvalue weighted by Gasteiger charge is -2.17. The molecule has 0 saturated heterocycles. The minimum atomic E-state index is -0.364. The molecule has 1 unspecified atom stereocenters. The molecule has 1 atom stereocenters. The molecule has 0 spiro atoms. The number of nitrogens with zero attached hydrogens (tertiary/aromatic N) is 2. The van der Waals surface area contributed by atoms with E-state index in [9.17, 15) is 9.59 Å². The predicted molar refractivity (Wildman–Crippen MR) is 121 cm³/mol. The van der Waals surface area contributed by atoms with Crippen LogP contribution in [0.2, 0.25) is 5.02 Å². The average molecular weight is 460 g/mol. The van der Waals surface area contributed by atoms with Crippen LogP contribution in [0, 0.1) is 5.92 Å². The van der Waals surface area contributed by atoms with Gasteiger partial charge in [0.1, 0.15) is 11.4 Å². The summed E-state index contributed by atoms with van der Waals surface area (Å²) in [5, 5.41) is 3.78. The number of nitrogens with one attached hydrogen (secondary N) is 1. The van der Waals surface area contributed by atoms with Crippen molar-refractivity contribution in [3.05, 3.63) is 44.3 Å². The standard InChI is InChI=1S/C22H22ClN3O4S/c1-12-3-4-13-18(7-12)31-21-20(13)22(28)26(11-24-21)10-19(27)25-15-9-17-16(8-14(15)23)29-5-2-6-30-17/h8-9,11-12H,2-7,10H2,1H3,(H,25,27). The van der Waals surface area contributed by atoms with Crippen LogP contribution in [0.25, 0.3) is 10.2 Å². The lowest BCUT2D eigenvalue weighted by atomic mass is 9.89. The predicted octanol–water partition coefficient (Wildman–Crippen LogP) is 4.04. The molecule has 31 heavy (non-hydrogen) atoms. The Labute approximate surface area is 188 Å². The number of benzene rings is 1. The van der Waals surface area contributed by atoms with E-state index in [0.29, 0.717) is 46.7 Å². The monoisotopic (exact) mass is 459 g/mol. The Hall–Kier alpha value is -2.58. The molecule has 1 N–H and O–H groups in total. The van der Waals surface area contributed by atoms with E-state index in [0.717, 1.165) is 36.1 Å². The number of fused-ring (bicyclic) bond motifs is 4. The molecule has 1 aromatic carbocycles. The SMILES string of the molecule is CC1CCc2c(sc3ncn(CC(=O)Nc4cc5c(cc4Cl)OCCCO5)c(=O)c23)C1. The zero-order chi connectivity index (χ0) is 21.5. The van der Waals surface area contributed by atoms with Gasteiger partial charge in [0, 0.05) is 23.4 Å². The maximum atomic E-state index is 13.1. The molecule has 3 aromatic rings. The summed E-state index contributed by atoms with van der Waals surface area (Å²) in [7, 11) is 0. The maximum absolute atomic E-state index is 13.1. The number of rotatable bonds is 3. The summed E-state index contributed by atoms with van der Waals surface area (Å²) in [5.41, 5.74) is 1.35. The van der Waals surface area contributed by atoms with Gasteiger partial charge in [-0.2, -0.15) is 0 Å². The first kappa shape index (κ1) is 20.3. The Morgan fingerprint density at radius 3 is 2.90 bits per heavy atom. The summed E-state index contributed by atoms with van der Waals surface area (Å²) in [6.07, 6.45) is 5.16. The quantitative estimate of drug-likeness (QED) is 0.639. The summed E-state index contributed by atoms with van der Waals surface area (Å²) < 4.78 is 12.6. The fourth-order valence-corrected chi connectivity index (χ4v) is 5.64. The molecule has 1 aliphatic carbocycles. The Balaban J connectivity index is 1.39. The maximum Gasteiger partial charge on any atom is 0.262 e. The Bertz CT molecular complexity index is 1240. The number of carbonyl (C=O) groups is 1. The van der Waals surface area contributed by atoms with Crippen molar-refractivity contribution in [2.75, 3.05) is 18.5 Å². The number of aromatic nitrogens is 2. The second-order valence-electron chi connectivity index (χ2n) is 8.09. The van der Waals surface area contributed by atoms with E-state index in [1.807, 2.05) is 0 Å². The Morgan fingerprint density at radius 2 is 2.10 bits per heavy atom. The number of hydrogen-bond donors (Lipinski definition) is 1. The number of ether oxygens (including phenoxy) is 2. The number of anilines is 1. The van der Waals surface area contributed by atoms with Crippen LogP contribution in [0.4, 0.5) is 5.69 Å². The zero-order valence-corrected chi connectivity index (χ0v) is 18.6. The third-order valence-corrected chi connectivity index (χ3v) is 7.18. The molecule has 0 bridgehead atoms. The van der Waals surface area contributed by atoms with E-state index in [1.165, 1.54) is 15.8 Å².